The Morgan fingerprint density at radius 2 is 1.29 bits per heavy atom. The Kier molecular flexibility index (Phi) is 4.22. The van der Waals surface area contributed by atoms with Gasteiger partial charge in [-0.05, 0) is 12.1 Å². The van der Waals surface area contributed by atoms with E-state index in [1.54, 1.807) is 0 Å². The van der Waals surface area contributed by atoms with Crippen molar-refractivity contribution in [3.63, 3.8) is 0 Å². The van der Waals surface area contributed by atoms with E-state index >= 15 is 0 Å². The SMILES string of the molecule is CC(=O)Sc1ccccc1SC(C)=O. The van der Waals surface area contributed by atoms with Crippen molar-refractivity contribution in [2.45, 2.75) is 23.6 Å². The van der Waals surface area contributed by atoms with Gasteiger partial charge in [0.05, 0.1) is 0 Å². The number of rotatable bonds is 2. The van der Waals surface area contributed by atoms with Gasteiger partial charge < -0.3 is 0 Å². The van der Waals surface area contributed by atoms with Crippen LogP contribution in [0.4, 0.5) is 0 Å². The van der Waals surface area contributed by atoms with Crippen molar-refractivity contribution in [2.24, 2.45) is 0 Å². The number of carbonyl (C=O) groups is 2. The maximum absolute atomic E-state index is 10.9. The summed E-state index contributed by atoms with van der Waals surface area (Å²) in [6.45, 7) is 3.03. The van der Waals surface area contributed by atoms with Crippen LogP contribution in [0, 0.1) is 0 Å². The number of thioether (sulfide) groups is 2. The van der Waals surface area contributed by atoms with Crippen molar-refractivity contribution in [3.05, 3.63) is 24.3 Å². The zero-order chi connectivity index (χ0) is 10.6. The first-order valence-corrected chi connectivity index (χ1v) is 5.69. The molecule has 0 unspecified atom stereocenters. The summed E-state index contributed by atoms with van der Waals surface area (Å²) in [5.74, 6) is 0. The predicted molar refractivity (Wildman–Crippen MR) is 59.5 cm³/mol. The zero-order valence-electron chi connectivity index (χ0n) is 7.94. The average molecular weight is 226 g/mol. The van der Waals surface area contributed by atoms with Gasteiger partial charge in [-0.15, -0.1) is 0 Å². The van der Waals surface area contributed by atoms with Gasteiger partial charge in [0, 0.05) is 23.6 Å². The molecule has 0 saturated carbocycles. The molecule has 0 aliphatic rings. The van der Waals surface area contributed by atoms with Crippen LogP contribution < -0.4 is 0 Å². The Labute approximate surface area is 91.5 Å². The Balaban J connectivity index is 2.90. The van der Waals surface area contributed by atoms with Gasteiger partial charge in [0.1, 0.15) is 0 Å². The standard InChI is InChI=1S/C10H10O2S2/c1-7(11)13-9-5-3-4-6-10(9)14-8(2)12/h3-6H,1-2H3. The van der Waals surface area contributed by atoms with E-state index in [9.17, 15) is 9.59 Å². The summed E-state index contributed by atoms with van der Waals surface area (Å²) in [7, 11) is 0. The lowest BCUT2D eigenvalue weighted by molar-refractivity contribution is -0.110. The highest BCUT2D eigenvalue weighted by Gasteiger charge is 2.07. The zero-order valence-corrected chi connectivity index (χ0v) is 9.58. The molecule has 0 spiro atoms. The van der Waals surface area contributed by atoms with Crippen LogP contribution in [-0.4, -0.2) is 10.2 Å². The molecule has 0 aromatic heterocycles. The van der Waals surface area contributed by atoms with Crippen molar-refractivity contribution in [1.29, 1.82) is 0 Å². The fourth-order valence-corrected chi connectivity index (χ4v) is 2.43. The van der Waals surface area contributed by atoms with Crippen LogP contribution in [0.3, 0.4) is 0 Å². The minimum atomic E-state index is 0.0293. The second-order valence-corrected chi connectivity index (χ2v) is 5.07. The fourth-order valence-electron chi connectivity index (χ4n) is 0.928. The molecule has 0 heterocycles. The fraction of sp³-hybridized carbons (Fsp3) is 0.200. The van der Waals surface area contributed by atoms with Gasteiger partial charge in [-0.3, -0.25) is 9.59 Å². The van der Waals surface area contributed by atoms with E-state index in [-0.39, 0.29) is 10.2 Å². The van der Waals surface area contributed by atoms with Gasteiger partial charge in [0.25, 0.3) is 0 Å². The quantitative estimate of drug-likeness (QED) is 0.726. The minimum Gasteiger partial charge on any atom is -0.287 e. The number of hydrogen-bond acceptors (Lipinski definition) is 4. The molecule has 4 heteroatoms. The minimum absolute atomic E-state index is 0.0293. The molecular formula is C10H10O2S2. The third kappa shape index (κ3) is 3.55. The second-order valence-electron chi connectivity index (χ2n) is 2.63. The molecule has 0 aliphatic carbocycles. The Morgan fingerprint density at radius 1 is 0.929 bits per heavy atom. The summed E-state index contributed by atoms with van der Waals surface area (Å²) in [5.41, 5.74) is 0. The van der Waals surface area contributed by atoms with Crippen molar-refractivity contribution >= 4 is 33.8 Å². The second kappa shape index (κ2) is 5.22. The molecule has 0 bridgehead atoms. The van der Waals surface area contributed by atoms with Crippen molar-refractivity contribution in [1.82, 2.24) is 0 Å². The molecule has 1 aromatic rings. The van der Waals surface area contributed by atoms with Crippen LogP contribution in [0.5, 0.6) is 0 Å². The molecular weight excluding hydrogens is 216 g/mol. The third-order valence-electron chi connectivity index (χ3n) is 1.36. The monoisotopic (exact) mass is 226 g/mol. The summed E-state index contributed by atoms with van der Waals surface area (Å²) in [6.07, 6.45) is 0. The number of carbonyl (C=O) groups excluding carboxylic acids is 2. The van der Waals surface area contributed by atoms with Gasteiger partial charge in [-0.25, -0.2) is 0 Å². The van der Waals surface area contributed by atoms with Crippen molar-refractivity contribution < 1.29 is 9.59 Å². The first kappa shape index (κ1) is 11.3. The van der Waals surface area contributed by atoms with E-state index in [2.05, 4.69) is 0 Å². The van der Waals surface area contributed by atoms with Crippen molar-refractivity contribution in [2.75, 3.05) is 0 Å². The summed E-state index contributed by atoms with van der Waals surface area (Å²) in [6, 6.07) is 7.40. The Bertz CT molecular complexity index is 326. The van der Waals surface area contributed by atoms with E-state index in [1.807, 2.05) is 24.3 Å². The van der Waals surface area contributed by atoms with Crippen LogP contribution in [0.2, 0.25) is 0 Å². The van der Waals surface area contributed by atoms with Gasteiger partial charge in [-0.2, -0.15) is 0 Å². The van der Waals surface area contributed by atoms with Crippen molar-refractivity contribution in [3.8, 4) is 0 Å². The van der Waals surface area contributed by atoms with Crippen LogP contribution in [-0.2, 0) is 9.59 Å². The summed E-state index contributed by atoms with van der Waals surface area (Å²) in [5, 5.41) is 0.0585. The van der Waals surface area contributed by atoms with Gasteiger partial charge >= 0.3 is 0 Å². The average Bonchev–Trinajstić information content (AvgIpc) is 2.06. The molecule has 74 valence electrons. The van der Waals surface area contributed by atoms with E-state index in [0.717, 1.165) is 33.3 Å². The normalized spacial score (nSPS) is 9.86. The molecule has 0 fully saturated rings. The lowest BCUT2D eigenvalue weighted by atomic mass is 10.4. The van der Waals surface area contributed by atoms with Gasteiger partial charge in [-0.1, -0.05) is 35.7 Å². The maximum atomic E-state index is 10.9. The lowest BCUT2D eigenvalue weighted by Gasteiger charge is -2.03. The van der Waals surface area contributed by atoms with Crippen LogP contribution in [0.1, 0.15) is 13.8 Å². The van der Waals surface area contributed by atoms with E-state index in [0.29, 0.717) is 0 Å². The summed E-state index contributed by atoms with van der Waals surface area (Å²) >= 11 is 2.31. The van der Waals surface area contributed by atoms with Crippen LogP contribution in [0.15, 0.2) is 34.1 Å². The molecule has 2 nitrogen and oxygen atoms in total. The van der Waals surface area contributed by atoms with Gasteiger partial charge in [0.2, 0.25) is 0 Å². The Hall–Kier alpha value is -0.740. The molecule has 0 saturated heterocycles. The van der Waals surface area contributed by atoms with E-state index < -0.39 is 0 Å². The molecule has 1 aromatic carbocycles. The highest BCUT2D eigenvalue weighted by Crippen LogP contribution is 2.31. The molecule has 14 heavy (non-hydrogen) atoms. The molecule has 0 radical (unpaired) electrons. The van der Waals surface area contributed by atoms with Crippen LogP contribution in [0.25, 0.3) is 0 Å². The third-order valence-corrected chi connectivity index (χ3v) is 3.21. The highest BCUT2D eigenvalue weighted by atomic mass is 32.2. The maximum Gasteiger partial charge on any atom is 0.190 e. The lowest BCUT2D eigenvalue weighted by Crippen LogP contribution is -1.87. The summed E-state index contributed by atoms with van der Waals surface area (Å²) < 4.78 is 0. The largest absolute Gasteiger partial charge is 0.287 e. The smallest absolute Gasteiger partial charge is 0.190 e. The molecule has 0 N–H and O–H groups in total. The molecule has 1 rings (SSSR count). The molecule has 0 atom stereocenters. The van der Waals surface area contributed by atoms with Crippen LogP contribution >= 0.6 is 23.5 Å². The van der Waals surface area contributed by atoms with E-state index in [1.165, 1.54) is 13.8 Å². The molecule has 0 aliphatic heterocycles. The number of benzene rings is 1. The molecule has 0 amide bonds. The van der Waals surface area contributed by atoms with E-state index in [4.69, 9.17) is 0 Å². The highest BCUT2D eigenvalue weighted by molar-refractivity contribution is 8.16. The first-order valence-electron chi connectivity index (χ1n) is 4.05. The topological polar surface area (TPSA) is 34.1 Å². The van der Waals surface area contributed by atoms with Gasteiger partial charge in [0.15, 0.2) is 10.2 Å². The first-order chi connectivity index (χ1) is 6.59. The predicted octanol–water partition coefficient (Wildman–Crippen LogP) is 2.96. The summed E-state index contributed by atoms with van der Waals surface area (Å²) in [4.78, 5) is 23.5. The Morgan fingerprint density at radius 3 is 1.57 bits per heavy atom. The number of hydrogen-bond donors (Lipinski definition) is 0.